The number of anilines is 1. The maximum absolute atomic E-state index is 11.9. The molecule has 0 spiro atoms. The van der Waals surface area contributed by atoms with Gasteiger partial charge in [0.05, 0.1) is 27.6 Å². The Morgan fingerprint density at radius 1 is 1.17 bits per heavy atom. The largest absolute Gasteiger partial charge is 0.485 e. The van der Waals surface area contributed by atoms with Crippen LogP contribution < -0.4 is 9.46 Å². The molecule has 9 heteroatoms. The molecular formula is C15H11Cl2NO4S2. The number of sulfonamides is 1. The van der Waals surface area contributed by atoms with Crippen LogP contribution in [0.2, 0.25) is 10.0 Å². The molecule has 0 atom stereocenters. The van der Waals surface area contributed by atoms with Crippen LogP contribution in [0.5, 0.6) is 5.75 Å². The molecule has 1 aliphatic heterocycles. The number of ether oxygens (including phenoxy) is 1. The summed E-state index contributed by atoms with van der Waals surface area (Å²) in [7, 11) is -3.49. The molecule has 0 saturated carbocycles. The predicted molar refractivity (Wildman–Crippen MR) is 95.3 cm³/mol. The Morgan fingerprint density at radius 2 is 1.92 bits per heavy atom. The fourth-order valence-corrected chi connectivity index (χ4v) is 4.11. The molecule has 2 aromatic carbocycles. The van der Waals surface area contributed by atoms with Gasteiger partial charge in [-0.15, -0.1) is 0 Å². The summed E-state index contributed by atoms with van der Waals surface area (Å²) in [4.78, 5) is 13.2. The van der Waals surface area contributed by atoms with E-state index in [-0.39, 0.29) is 12.4 Å². The maximum Gasteiger partial charge on any atom is 0.229 e. The summed E-state index contributed by atoms with van der Waals surface area (Å²) >= 11 is 13.2. The molecule has 24 heavy (non-hydrogen) atoms. The van der Waals surface area contributed by atoms with Crippen molar-refractivity contribution in [1.82, 2.24) is 0 Å². The van der Waals surface area contributed by atoms with Crippen molar-refractivity contribution in [1.29, 1.82) is 0 Å². The predicted octanol–water partition coefficient (Wildman–Crippen LogP) is 4.09. The number of fused-ring (bicyclic) bond motifs is 1. The maximum atomic E-state index is 11.9. The minimum Gasteiger partial charge on any atom is -0.485 e. The highest BCUT2D eigenvalue weighted by Crippen LogP contribution is 2.41. The number of hydrogen-bond donors (Lipinski definition) is 1. The van der Waals surface area contributed by atoms with Gasteiger partial charge in [-0.2, -0.15) is 0 Å². The number of hydrogen-bond acceptors (Lipinski definition) is 5. The lowest BCUT2D eigenvalue weighted by Gasteiger charge is -2.12. The van der Waals surface area contributed by atoms with Gasteiger partial charge >= 0.3 is 0 Å². The van der Waals surface area contributed by atoms with E-state index >= 15 is 0 Å². The van der Waals surface area contributed by atoms with Crippen LogP contribution in [0.3, 0.4) is 0 Å². The summed E-state index contributed by atoms with van der Waals surface area (Å²) in [6.07, 6.45) is 1.06. The molecule has 0 aromatic heterocycles. The van der Waals surface area contributed by atoms with Gasteiger partial charge in [-0.1, -0.05) is 35.0 Å². The topological polar surface area (TPSA) is 72.5 Å². The Hall–Kier alpha value is -1.41. The quantitative estimate of drug-likeness (QED) is 0.831. The number of ketones is 1. The second-order valence-corrected chi connectivity index (χ2v) is 8.79. The van der Waals surface area contributed by atoms with Gasteiger partial charge in [-0.3, -0.25) is 9.52 Å². The van der Waals surface area contributed by atoms with E-state index in [1.807, 2.05) is 0 Å². The summed E-state index contributed by atoms with van der Waals surface area (Å²) in [6.45, 7) is -0.0471. The number of benzene rings is 2. The number of Topliss-reactive ketones (excluding diaryl/α,β-unsaturated/α-hetero) is 1. The van der Waals surface area contributed by atoms with Gasteiger partial charge in [0, 0.05) is 15.9 Å². The molecule has 2 aromatic rings. The highest BCUT2D eigenvalue weighted by atomic mass is 35.5. The Balaban J connectivity index is 2.05. The van der Waals surface area contributed by atoms with Crippen LogP contribution in [0.4, 0.5) is 5.69 Å². The number of carbonyl (C=O) groups excluding carboxylic acids is 1. The normalized spacial score (nSPS) is 13.5. The monoisotopic (exact) mass is 403 g/mol. The van der Waals surface area contributed by atoms with Crippen LogP contribution in [-0.2, 0) is 10.0 Å². The summed E-state index contributed by atoms with van der Waals surface area (Å²) in [5.41, 5.74) is 0.763. The molecule has 1 aliphatic rings. The van der Waals surface area contributed by atoms with E-state index in [4.69, 9.17) is 27.9 Å². The van der Waals surface area contributed by atoms with Crippen LogP contribution in [0.15, 0.2) is 40.1 Å². The molecule has 5 nitrogen and oxygen atoms in total. The van der Waals surface area contributed by atoms with Crippen LogP contribution >= 0.6 is 35.0 Å². The van der Waals surface area contributed by atoms with E-state index in [9.17, 15) is 13.2 Å². The Labute approximate surface area is 153 Å². The average molecular weight is 404 g/mol. The molecular weight excluding hydrogens is 393 g/mol. The lowest BCUT2D eigenvalue weighted by Crippen LogP contribution is -2.10. The first-order chi connectivity index (χ1) is 11.2. The standard InChI is InChI=1S/C15H11Cl2NO4S2/c1-24(20,21)18-12-6-14-9(13(19)7-22-14)5-15(12)23-8-2-3-10(16)11(17)4-8/h2-6,18H,7H2,1H3. The van der Waals surface area contributed by atoms with E-state index < -0.39 is 10.0 Å². The van der Waals surface area contributed by atoms with Gasteiger partial charge in [-0.25, -0.2) is 8.42 Å². The summed E-state index contributed by atoms with van der Waals surface area (Å²) in [5.74, 6) is 0.219. The van der Waals surface area contributed by atoms with Crippen LogP contribution in [0.25, 0.3) is 0 Å². The Kier molecular flexibility index (Phi) is 4.70. The van der Waals surface area contributed by atoms with Gasteiger partial charge in [0.1, 0.15) is 5.75 Å². The number of carbonyl (C=O) groups is 1. The van der Waals surface area contributed by atoms with Crippen LogP contribution in [0, 0.1) is 0 Å². The van der Waals surface area contributed by atoms with Crippen molar-refractivity contribution < 1.29 is 17.9 Å². The first kappa shape index (κ1) is 17.4. The van der Waals surface area contributed by atoms with E-state index in [0.717, 1.165) is 11.2 Å². The molecule has 0 bridgehead atoms. The van der Waals surface area contributed by atoms with Crippen molar-refractivity contribution in [3.63, 3.8) is 0 Å². The van der Waals surface area contributed by atoms with Crippen molar-refractivity contribution in [3.8, 4) is 5.75 Å². The molecule has 0 radical (unpaired) electrons. The first-order valence-corrected chi connectivity index (χ1v) is 10.1. The van der Waals surface area contributed by atoms with Crippen molar-refractivity contribution >= 4 is 56.5 Å². The third-order valence-electron chi connectivity index (χ3n) is 3.16. The van der Waals surface area contributed by atoms with Gasteiger partial charge in [-0.05, 0) is 24.3 Å². The number of rotatable bonds is 4. The summed E-state index contributed by atoms with van der Waals surface area (Å²) in [5, 5.41) is 0.813. The zero-order valence-electron chi connectivity index (χ0n) is 12.3. The molecule has 0 fully saturated rings. The summed E-state index contributed by atoms with van der Waals surface area (Å²) < 4.78 is 30.9. The molecule has 0 aliphatic carbocycles. The molecule has 1 heterocycles. The van der Waals surface area contributed by atoms with Crippen molar-refractivity contribution in [2.75, 3.05) is 17.6 Å². The van der Waals surface area contributed by atoms with Gasteiger partial charge in [0.2, 0.25) is 15.8 Å². The van der Waals surface area contributed by atoms with E-state index in [0.29, 0.717) is 31.9 Å². The van der Waals surface area contributed by atoms with Crippen LogP contribution in [0.1, 0.15) is 10.4 Å². The first-order valence-electron chi connectivity index (χ1n) is 6.68. The minimum atomic E-state index is -3.49. The highest BCUT2D eigenvalue weighted by molar-refractivity contribution is 7.99. The van der Waals surface area contributed by atoms with E-state index in [1.165, 1.54) is 17.8 Å². The number of nitrogens with one attached hydrogen (secondary N) is 1. The molecule has 126 valence electrons. The highest BCUT2D eigenvalue weighted by Gasteiger charge is 2.24. The molecule has 0 saturated heterocycles. The Morgan fingerprint density at radius 3 is 2.58 bits per heavy atom. The average Bonchev–Trinajstić information content (AvgIpc) is 2.82. The molecule has 0 amide bonds. The number of halogens is 2. The van der Waals surface area contributed by atoms with E-state index in [2.05, 4.69) is 4.72 Å². The molecule has 1 N–H and O–H groups in total. The lowest BCUT2D eigenvalue weighted by molar-refractivity contribution is 0.0961. The van der Waals surface area contributed by atoms with Crippen molar-refractivity contribution in [2.45, 2.75) is 9.79 Å². The SMILES string of the molecule is CS(=O)(=O)Nc1cc2c(cc1Sc1ccc(Cl)c(Cl)c1)C(=O)CO2. The third-order valence-corrected chi connectivity index (χ3v) is 5.53. The minimum absolute atomic E-state index is 0.0471. The van der Waals surface area contributed by atoms with Gasteiger partial charge < -0.3 is 4.74 Å². The zero-order chi connectivity index (χ0) is 17.5. The smallest absolute Gasteiger partial charge is 0.229 e. The second-order valence-electron chi connectivity index (χ2n) is 5.11. The fraction of sp³-hybridized carbons (Fsp3) is 0.133. The Bertz CT molecular complexity index is 945. The van der Waals surface area contributed by atoms with Crippen molar-refractivity contribution in [2.24, 2.45) is 0 Å². The van der Waals surface area contributed by atoms with E-state index in [1.54, 1.807) is 24.3 Å². The zero-order valence-corrected chi connectivity index (χ0v) is 15.4. The lowest BCUT2D eigenvalue weighted by atomic mass is 10.1. The fourth-order valence-electron chi connectivity index (χ4n) is 2.15. The van der Waals surface area contributed by atoms with Gasteiger partial charge in [0.25, 0.3) is 0 Å². The van der Waals surface area contributed by atoms with Crippen molar-refractivity contribution in [3.05, 3.63) is 45.9 Å². The van der Waals surface area contributed by atoms with Crippen LogP contribution in [-0.4, -0.2) is 27.1 Å². The molecule has 3 rings (SSSR count). The molecule has 0 unspecified atom stereocenters. The third kappa shape index (κ3) is 3.80. The second kappa shape index (κ2) is 6.48. The summed E-state index contributed by atoms with van der Waals surface area (Å²) in [6, 6.07) is 8.21. The van der Waals surface area contributed by atoms with Gasteiger partial charge in [0.15, 0.2) is 6.61 Å².